The average Bonchev–Trinajstić information content (AvgIpc) is 2.81. The van der Waals surface area contributed by atoms with Gasteiger partial charge in [-0.25, -0.2) is 4.79 Å². The highest BCUT2D eigenvalue weighted by atomic mass is 16.5. The largest absolute Gasteiger partial charge is 0.481 e. The summed E-state index contributed by atoms with van der Waals surface area (Å²) >= 11 is 0. The lowest BCUT2D eigenvalue weighted by Crippen LogP contribution is -2.50. The summed E-state index contributed by atoms with van der Waals surface area (Å²) in [7, 11) is 0. The van der Waals surface area contributed by atoms with Crippen LogP contribution in [0, 0.1) is 11.3 Å². The smallest absolute Gasteiger partial charge is 0.315 e. The van der Waals surface area contributed by atoms with Crippen molar-refractivity contribution in [2.24, 2.45) is 11.3 Å². The minimum atomic E-state index is -0.912. The van der Waals surface area contributed by atoms with Gasteiger partial charge in [-0.1, -0.05) is 27.7 Å². The molecule has 6 heteroatoms. The third-order valence-corrected chi connectivity index (χ3v) is 4.00. The van der Waals surface area contributed by atoms with Crippen LogP contribution < -0.4 is 10.6 Å². The van der Waals surface area contributed by atoms with Gasteiger partial charge in [0.2, 0.25) is 0 Å². The van der Waals surface area contributed by atoms with Crippen molar-refractivity contribution in [3.05, 3.63) is 0 Å². The molecule has 21 heavy (non-hydrogen) atoms. The van der Waals surface area contributed by atoms with Gasteiger partial charge < -0.3 is 20.5 Å². The van der Waals surface area contributed by atoms with E-state index < -0.39 is 12.0 Å². The van der Waals surface area contributed by atoms with Gasteiger partial charge in [0.05, 0.1) is 12.5 Å². The fourth-order valence-corrected chi connectivity index (χ4v) is 2.56. The number of urea groups is 1. The third kappa shape index (κ3) is 5.91. The monoisotopic (exact) mass is 300 g/mol. The quantitative estimate of drug-likeness (QED) is 0.700. The molecular weight excluding hydrogens is 272 g/mol. The number of amides is 2. The number of ether oxygens (including phenoxy) is 1. The van der Waals surface area contributed by atoms with Crippen LogP contribution in [0.4, 0.5) is 4.79 Å². The van der Waals surface area contributed by atoms with Gasteiger partial charge in [-0.15, -0.1) is 0 Å². The first kappa shape index (κ1) is 17.8. The van der Waals surface area contributed by atoms with Crippen molar-refractivity contribution in [1.29, 1.82) is 0 Å². The van der Waals surface area contributed by atoms with Crippen molar-refractivity contribution in [1.82, 2.24) is 10.6 Å². The molecule has 2 amide bonds. The maximum absolute atomic E-state index is 12.0. The van der Waals surface area contributed by atoms with E-state index in [2.05, 4.69) is 17.6 Å². The Balaban J connectivity index is 2.45. The molecule has 1 heterocycles. The molecule has 0 aliphatic carbocycles. The maximum Gasteiger partial charge on any atom is 0.315 e. The Morgan fingerprint density at radius 3 is 2.57 bits per heavy atom. The zero-order valence-corrected chi connectivity index (χ0v) is 13.4. The van der Waals surface area contributed by atoms with E-state index in [1.165, 1.54) is 0 Å². The van der Waals surface area contributed by atoms with Gasteiger partial charge in [0, 0.05) is 25.1 Å². The van der Waals surface area contributed by atoms with Crippen LogP contribution in [0.15, 0.2) is 0 Å². The molecular formula is C15H28N2O4. The molecule has 1 rings (SSSR count). The summed E-state index contributed by atoms with van der Waals surface area (Å²) in [6.45, 7) is 9.13. The van der Waals surface area contributed by atoms with E-state index in [0.717, 1.165) is 19.4 Å². The highest BCUT2D eigenvalue weighted by Gasteiger charge is 2.30. The van der Waals surface area contributed by atoms with Gasteiger partial charge in [0.25, 0.3) is 0 Å². The van der Waals surface area contributed by atoms with E-state index in [0.29, 0.717) is 12.5 Å². The van der Waals surface area contributed by atoms with Crippen LogP contribution in [-0.4, -0.2) is 42.4 Å². The summed E-state index contributed by atoms with van der Waals surface area (Å²) < 4.78 is 5.59. The normalized spacial score (nSPS) is 23.6. The Morgan fingerprint density at radius 1 is 1.38 bits per heavy atom. The second kappa shape index (κ2) is 7.64. The molecule has 3 N–H and O–H groups in total. The van der Waals surface area contributed by atoms with Gasteiger partial charge in [-0.2, -0.15) is 0 Å². The van der Waals surface area contributed by atoms with Crippen LogP contribution in [0.3, 0.4) is 0 Å². The summed E-state index contributed by atoms with van der Waals surface area (Å²) in [5.41, 5.74) is -0.307. The molecule has 3 atom stereocenters. The summed E-state index contributed by atoms with van der Waals surface area (Å²) in [4.78, 5) is 22.9. The van der Waals surface area contributed by atoms with Gasteiger partial charge in [-0.3, -0.25) is 4.79 Å². The first-order chi connectivity index (χ1) is 9.74. The van der Waals surface area contributed by atoms with Crippen LogP contribution in [0.1, 0.15) is 47.0 Å². The zero-order valence-electron chi connectivity index (χ0n) is 13.4. The van der Waals surface area contributed by atoms with Crippen LogP contribution in [0.2, 0.25) is 0 Å². The molecule has 0 bridgehead atoms. The van der Waals surface area contributed by atoms with E-state index in [-0.39, 0.29) is 24.0 Å². The Hall–Kier alpha value is -1.30. The Morgan fingerprint density at radius 2 is 2.05 bits per heavy atom. The molecule has 0 aromatic rings. The molecule has 0 radical (unpaired) electrons. The van der Waals surface area contributed by atoms with Crippen molar-refractivity contribution in [2.75, 3.05) is 13.2 Å². The van der Waals surface area contributed by atoms with Crippen LogP contribution >= 0.6 is 0 Å². The van der Waals surface area contributed by atoms with Crippen LogP contribution in [0.5, 0.6) is 0 Å². The highest BCUT2D eigenvalue weighted by molar-refractivity contribution is 5.75. The van der Waals surface area contributed by atoms with Crippen molar-refractivity contribution in [2.45, 2.75) is 59.1 Å². The van der Waals surface area contributed by atoms with E-state index in [1.54, 1.807) is 0 Å². The molecule has 6 nitrogen and oxygen atoms in total. The fraction of sp³-hybridized carbons (Fsp3) is 0.867. The number of nitrogens with one attached hydrogen (secondary N) is 2. The summed E-state index contributed by atoms with van der Waals surface area (Å²) in [6, 6.07) is -0.713. The van der Waals surface area contributed by atoms with Crippen molar-refractivity contribution >= 4 is 12.0 Å². The van der Waals surface area contributed by atoms with E-state index in [9.17, 15) is 9.59 Å². The summed E-state index contributed by atoms with van der Waals surface area (Å²) in [5, 5.41) is 14.6. The highest BCUT2D eigenvalue weighted by Crippen LogP contribution is 2.23. The Kier molecular flexibility index (Phi) is 6.45. The topological polar surface area (TPSA) is 87.7 Å². The zero-order chi connectivity index (χ0) is 16.0. The number of carboxylic acid groups (broad SMARTS) is 1. The maximum atomic E-state index is 12.0. The first-order valence-corrected chi connectivity index (χ1v) is 7.61. The standard InChI is InChI=1S/C15H28N2O4/c1-5-11-10(6-7-21-11)9-16-14(20)17-12(8-13(18)19)15(2,3)4/h10-12H,5-9H2,1-4H3,(H,18,19)(H2,16,17,20). The lowest BCUT2D eigenvalue weighted by molar-refractivity contribution is -0.138. The molecule has 0 aromatic heterocycles. The number of hydrogen-bond donors (Lipinski definition) is 3. The van der Waals surface area contributed by atoms with Crippen LogP contribution in [0.25, 0.3) is 0 Å². The molecule has 0 aromatic carbocycles. The number of carboxylic acids is 1. The molecule has 1 aliphatic rings. The molecule has 0 spiro atoms. The molecule has 122 valence electrons. The number of carbonyl (C=O) groups is 2. The Labute approximate surface area is 126 Å². The average molecular weight is 300 g/mol. The lowest BCUT2D eigenvalue weighted by atomic mass is 9.85. The van der Waals surface area contributed by atoms with Gasteiger partial charge in [0.15, 0.2) is 0 Å². The second-order valence-corrected chi connectivity index (χ2v) is 6.74. The van der Waals surface area contributed by atoms with Crippen LogP contribution in [-0.2, 0) is 9.53 Å². The molecule has 3 unspecified atom stereocenters. The molecule has 1 fully saturated rings. The van der Waals surface area contributed by atoms with Crippen molar-refractivity contribution in [3.63, 3.8) is 0 Å². The number of aliphatic carboxylic acids is 1. The molecule has 0 saturated carbocycles. The van der Waals surface area contributed by atoms with Gasteiger partial charge in [-0.05, 0) is 18.3 Å². The SMILES string of the molecule is CCC1OCCC1CNC(=O)NC(CC(=O)O)C(C)(C)C. The van der Waals surface area contributed by atoms with E-state index in [1.807, 2.05) is 20.8 Å². The van der Waals surface area contributed by atoms with E-state index in [4.69, 9.17) is 9.84 Å². The van der Waals surface area contributed by atoms with Crippen molar-refractivity contribution < 1.29 is 19.4 Å². The minimum Gasteiger partial charge on any atom is -0.481 e. The first-order valence-electron chi connectivity index (χ1n) is 7.61. The number of rotatable bonds is 6. The lowest BCUT2D eigenvalue weighted by Gasteiger charge is -2.30. The molecule has 1 saturated heterocycles. The van der Waals surface area contributed by atoms with E-state index >= 15 is 0 Å². The number of hydrogen-bond acceptors (Lipinski definition) is 3. The Bertz CT molecular complexity index is 365. The molecule has 1 aliphatic heterocycles. The fourth-order valence-electron chi connectivity index (χ4n) is 2.56. The third-order valence-electron chi connectivity index (χ3n) is 4.00. The van der Waals surface area contributed by atoms with Crippen molar-refractivity contribution in [3.8, 4) is 0 Å². The summed E-state index contributed by atoms with van der Waals surface area (Å²) in [6.07, 6.45) is 2.03. The van der Waals surface area contributed by atoms with Gasteiger partial charge in [0.1, 0.15) is 0 Å². The van der Waals surface area contributed by atoms with Gasteiger partial charge >= 0.3 is 12.0 Å². The predicted molar refractivity (Wildman–Crippen MR) is 80.2 cm³/mol. The minimum absolute atomic E-state index is 0.0823. The second-order valence-electron chi connectivity index (χ2n) is 6.74. The summed E-state index contributed by atoms with van der Waals surface area (Å²) in [5.74, 6) is -0.571. The number of carbonyl (C=O) groups excluding carboxylic acids is 1. The predicted octanol–water partition coefficient (Wildman–Crippen LogP) is 1.99.